The molecule has 2 aromatic rings. The number of rotatable bonds is 12. The van der Waals surface area contributed by atoms with Gasteiger partial charge in [-0.3, -0.25) is 19.1 Å². The Morgan fingerprint density at radius 3 is 2.38 bits per heavy atom. The zero-order valence-corrected chi connectivity index (χ0v) is 20.3. The van der Waals surface area contributed by atoms with Crippen molar-refractivity contribution in [1.82, 2.24) is 9.55 Å². The second-order valence-electron chi connectivity index (χ2n) is 8.35. The fraction of sp³-hybridized carbons (Fsp3) is 0.500. The summed E-state index contributed by atoms with van der Waals surface area (Å²) >= 11 is 0. The molecule has 2 rings (SSSR count). The third kappa shape index (κ3) is 6.97. The summed E-state index contributed by atoms with van der Waals surface area (Å²) in [7, 11) is 0. The molecule has 0 bridgehead atoms. The van der Waals surface area contributed by atoms with Gasteiger partial charge in [-0.2, -0.15) is 0 Å². The zero-order chi connectivity index (χ0) is 25.3. The van der Waals surface area contributed by atoms with Crippen molar-refractivity contribution >= 4 is 23.4 Å². The van der Waals surface area contributed by atoms with Crippen LogP contribution in [0.1, 0.15) is 57.3 Å². The summed E-state index contributed by atoms with van der Waals surface area (Å²) in [4.78, 5) is 53.5. The maximum Gasteiger partial charge on any atom is 0.338 e. The van der Waals surface area contributed by atoms with E-state index in [4.69, 9.17) is 15.2 Å². The van der Waals surface area contributed by atoms with Crippen molar-refractivity contribution in [2.45, 2.75) is 53.5 Å². The van der Waals surface area contributed by atoms with Crippen LogP contribution in [0.4, 0.5) is 11.5 Å². The van der Waals surface area contributed by atoms with Gasteiger partial charge in [0, 0.05) is 13.1 Å². The van der Waals surface area contributed by atoms with Crippen molar-refractivity contribution in [1.29, 1.82) is 0 Å². The van der Waals surface area contributed by atoms with E-state index in [9.17, 15) is 19.2 Å². The van der Waals surface area contributed by atoms with E-state index in [0.717, 1.165) is 6.42 Å². The van der Waals surface area contributed by atoms with Crippen LogP contribution in [-0.4, -0.2) is 41.2 Å². The third-order valence-electron chi connectivity index (χ3n) is 4.97. The van der Waals surface area contributed by atoms with Crippen molar-refractivity contribution in [2.24, 2.45) is 5.92 Å². The Morgan fingerprint density at radius 2 is 1.79 bits per heavy atom. The SMILES string of the molecule is CCCCN(C(=O)COC(=O)c1ccc(OCC(C)C)cc1)c1c(N)n(CCC)c(=O)[nH]c1=O. The summed E-state index contributed by atoms with van der Waals surface area (Å²) in [5.74, 6) is -0.393. The minimum absolute atomic E-state index is 0.0941. The van der Waals surface area contributed by atoms with Crippen molar-refractivity contribution < 1.29 is 19.1 Å². The number of hydrogen-bond donors (Lipinski definition) is 2. The molecule has 0 unspecified atom stereocenters. The molecule has 1 aromatic carbocycles. The number of carbonyl (C=O) groups is 2. The Hall–Kier alpha value is -3.56. The van der Waals surface area contributed by atoms with Crippen molar-refractivity contribution in [2.75, 3.05) is 30.4 Å². The quantitative estimate of drug-likeness (QED) is 0.451. The van der Waals surface area contributed by atoms with E-state index in [2.05, 4.69) is 4.98 Å². The number of unbranched alkanes of at least 4 members (excludes halogenated alkanes) is 1. The molecule has 0 aliphatic rings. The van der Waals surface area contributed by atoms with Crippen LogP contribution < -0.4 is 26.6 Å². The van der Waals surface area contributed by atoms with E-state index < -0.39 is 29.7 Å². The molecule has 1 aromatic heterocycles. The van der Waals surface area contributed by atoms with Gasteiger partial charge < -0.3 is 20.1 Å². The van der Waals surface area contributed by atoms with Gasteiger partial charge in [-0.15, -0.1) is 0 Å². The predicted octanol–water partition coefficient (Wildman–Crippen LogP) is 2.55. The zero-order valence-electron chi connectivity index (χ0n) is 20.3. The van der Waals surface area contributed by atoms with Gasteiger partial charge in [0.2, 0.25) is 0 Å². The minimum atomic E-state index is -0.761. The standard InChI is InChI=1S/C24H34N4O6/c1-5-7-13-27(20-21(25)28(12-6-2)24(32)26-22(20)30)19(29)15-34-23(31)17-8-10-18(11-9-17)33-14-16(3)4/h8-11,16H,5-7,12-15,25H2,1-4H3,(H,26,30,32). The molecular formula is C24H34N4O6. The summed E-state index contributed by atoms with van der Waals surface area (Å²) < 4.78 is 12.0. The average Bonchev–Trinajstić information content (AvgIpc) is 2.80. The predicted molar refractivity (Wildman–Crippen MR) is 130 cm³/mol. The van der Waals surface area contributed by atoms with Crippen molar-refractivity contribution in [3.63, 3.8) is 0 Å². The van der Waals surface area contributed by atoms with Crippen LogP contribution in [0.3, 0.4) is 0 Å². The number of nitrogens with zero attached hydrogens (tertiary/aromatic N) is 2. The van der Waals surface area contributed by atoms with Crippen LogP contribution in [0.2, 0.25) is 0 Å². The third-order valence-corrected chi connectivity index (χ3v) is 4.97. The number of carbonyl (C=O) groups excluding carboxylic acids is 2. The van der Waals surface area contributed by atoms with Crippen LogP contribution in [0, 0.1) is 5.92 Å². The number of amides is 1. The topological polar surface area (TPSA) is 137 Å². The Morgan fingerprint density at radius 1 is 1.12 bits per heavy atom. The highest BCUT2D eigenvalue weighted by molar-refractivity contribution is 5.98. The Labute approximate surface area is 198 Å². The number of anilines is 2. The molecule has 0 radical (unpaired) electrons. The summed E-state index contributed by atoms with van der Waals surface area (Å²) in [6.45, 7) is 8.31. The van der Waals surface area contributed by atoms with Crippen LogP contribution in [-0.2, 0) is 16.1 Å². The van der Waals surface area contributed by atoms with Gasteiger partial charge in [0.25, 0.3) is 11.5 Å². The molecule has 0 aliphatic carbocycles. The van der Waals surface area contributed by atoms with E-state index in [0.29, 0.717) is 31.1 Å². The van der Waals surface area contributed by atoms with Crippen molar-refractivity contribution in [3.8, 4) is 5.75 Å². The van der Waals surface area contributed by atoms with Gasteiger partial charge in [-0.25, -0.2) is 9.59 Å². The lowest BCUT2D eigenvalue weighted by Crippen LogP contribution is -2.43. The number of ether oxygens (including phenoxy) is 2. The lowest BCUT2D eigenvalue weighted by atomic mass is 10.2. The van der Waals surface area contributed by atoms with Gasteiger partial charge in [0.15, 0.2) is 12.3 Å². The lowest BCUT2D eigenvalue weighted by molar-refractivity contribution is -0.121. The van der Waals surface area contributed by atoms with Gasteiger partial charge in [-0.1, -0.05) is 34.1 Å². The first-order chi connectivity index (χ1) is 16.2. The van der Waals surface area contributed by atoms with E-state index in [1.54, 1.807) is 24.3 Å². The van der Waals surface area contributed by atoms with Crippen molar-refractivity contribution in [3.05, 3.63) is 50.7 Å². The fourth-order valence-corrected chi connectivity index (χ4v) is 3.20. The highest BCUT2D eigenvalue weighted by Crippen LogP contribution is 2.19. The number of hydrogen-bond acceptors (Lipinski definition) is 7. The van der Waals surface area contributed by atoms with Gasteiger partial charge >= 0.3 is 11.7 Å². The first-order valence-corrected chi connectivity index (χ1v) is 11.5. The molecule has 34 heavy (non-hydrogen) atoms. The molecule has 10 nitrogen and oxygen atoms in total. The van der Waals surface area contributed by atoms with Gasteiger partial charge in [-0.05, 0) is 43.0 Å². The summed E-state index contributed by atoms with van der Waals surface area (Å²) in [6, 6.07) is 6.43. The molecule has 186 valence electrons. The Balaban J connectivity index is 2.18. The molecule has 0 saturated heterocycles. The number of benzene rings is 1. The average molecular weight is 475 g/mol. The van der Waals surface area contributed by atoms with Crippen LogP contribution in [0.5, 0.6) is 5.75 Å². The van der Waals surface area contributed by atoms with E-state index in [1.807, 2.05) is 27.7 Å². The number of H-pyrrole nitrogens is 1. The molecule has 10 heteroatoms. The maximum atomic E-state index is 13.0. The summed E-state index contributed by atoms with van der Waals surface area (Å²) in [5.41, 5.74) is 4.86. The number of aromatic nitrogens is 2. The lowest BCUT2D eigenvalue weighted by Gasteiger charge is -2.24. The van der Waals surface area contributed by atoms with Crippen LogP contribution in [0.25, 0.3) is 0 Å². The van der Waals surface area contributed by atoms with Gasteiger partial charge in [0.1, 0.15) is 11.6 Å². The summed E-state index contributed by atoms with van der Waals surface area (Å²) in [6.07, 6.45) is 1.95. The molecule has 1 amide bonds. The highest BCUT2D eigenvalue weighted by Gasteiger charge is 2.25. The normalized spacial score (nSPS) is 10.9. The van der Waals surface area contributed by atoms with E-state index in [1.165, 1.54) is 9.47 Å². The largest absolute Gasteiger partial charge is 0.493 e. The summed E-state index contributed by atoms with van der Waals surface area (Å²) in [5, 5.41) is 0. The molecule has 0 aliphatic heterocycles. The highest BCUT2D eigenvalue weighted by atomic mass is 16.5. The van der Waals surface area contributed by atoms with Gasteiger partial charge in [0.05, 0.1) is 12.2 Å². The Kier molecular flexibility index (Phi) is 9.91. The molecule has 0 spiro atoms. The first kappa shape index (κ1) is 26.7. The molecular weight excluding hydrogens is 440 g/mol. The molecule has 3 N–H and O–H groups in total. The maximum absolute atomic E-state index is 13.0. The molecule has 0 fully saturated rings. The van der Waals surface area contributed by atoms with E-state index >= 15 is 0 Å². The number of nitrogens with one attached hydrogen (secondary N) is 1. The molecule has 1 heterocycles. The number of esters is 1. The van der Waals surface area contributed by atoms with Crippen LogP contribution >= 0.6 is 0 Å². The molecule has 0 atom stereocenters. The smallest absolute Gasteiger partial charge is 0.338 e. The van der Waals surface area contributed by atoms with E-state index in [-0.39, 0.29) is 30.2 Å². The molecule has 0 saturated carbocycles. The Bertz CT molecular complexity index is 1090. The van der Waals surface area contributed by atoms with Crippen LogP contribution in [0.15, 0.2) is 33.9 Å². The first-order valence-electron chi connectivity index (χ1n) is 11.5. The fourth-order valence-electron chi connectivity index (χ4n) is 3.20. The monoisotopic (exact) mass is 474 g/mol. The minimum Gasteiger partial charge on any atom is -0.493 e. The number of nitrogen functional groups attached to an aromatic ring is 1. The second-order valence-corrected chi connectivity index (χ2v) is 8.35. The second kappa shape index (κ2) is 12.6. The number of nitrogens with two attached hydrogens (primary N) is 1. The number of aromatic amines is 1.